The Morgan fingerprint density at radius 2 is 0.708 bits per heavy atom. The number of hydrogen-bond acceptors (Lipinski definition) is 3. The molecule has 3 aromatic carbocycles. The van der Waals surface area contributed by atoms with Gasteiger partial charge in [-0.15, -0.1) is 0 Å². The second-order valence-corrected chi connectivity index (χ2v) is 9.35. The molecule has 3 aromatic rings. The molecule has 4 atom stereocenters. The highest BCUT2D eigenvalue weighted by molar-refractivity contribution is 6.33. The van der Waals surface area contributed by atoms with Gasteiger partial charge in [-0.05, 0) is 0 Å². The van der Waals surface area contributed by atoms with Gasteiger partial charge < -0.3 is 14.7 Å². The van der Waals surface area contributed by atoms with Crippen LogP contribution in [0.4, 0.5) is 87.8 Å². The highest BCUT2D eigenvalue weighted by Gasteiger charge is 2.82. The molecular formula is C24H3BF20O3. The third-order valence-corrected chi connectivity index (χ3v) is 7.05. The summed E-state index contributed by atoms with van der Waals surface area (Å²) in [5.41, 5.74) is -32.8. The van der Waals surface area contributed by atoms with E-state index in [4.69, 9.17) is 0 Å². The molecule has 4 unspecified atom stereocenters. The van der Waals surface area contributed by atoms with Crippen LogP contribution < -0.4 is 0 Å². The molecule has 24 heteroatoms. The van der Waals surface area contributed by atoms with Crippen LogP contribution in [0.2, 0.25) is 0 Å². The summed E-state index contributed by atoms with van der Waals surface area (Å²) < 4.78 is 303. The van der Waals surface area contributed by atoms with Gasteiger partial charge in [0.25, 0.3) is 0 Å². The zero-order valence-electron chi connectivity index (χ0n) is 21.5. The molecule has 2 N–H and O–H groups in total. The van der Waals surface area contributed by atoms with Crippen LogP contribution in [0.25, 0.3) is 0 Å². The molecule has 260 valence electrons. The molecule has 4 rings (SSSR count). The van der Waals surface area contributed by atoms with Crippen molar-refractivity contribution in [2.75, 3.05) is 0 Å². The van der Waals surface area contributed by atoms with Crippen LogP contribution in [-0.2, 0) is 21.6 Å². The van der Waals surface area contributed by atoms with E-state index >= 15 is 39.5 Å². The van der Waals surface area contributed by atoms with Gasteiger partial charge >= 0.3 is 7.32 Å². The van der Waals surface area contributed by atoms with Gasteiger partial charge in [0.1, 0.15) is 0 Å². The number of alkyl halides is 3. The minimum atomic E-state index is -7.25. The lowest BCUT2D eigenvalue weighted by atomic mass is 9.57. The molecule has 0 bridgehead atoms. The van der Waals surface area contributed by atoms with E-state index in [1.165, 1.54) is 0 Å². The number of rotatable bonds is 5. The van der Waals surface area contributed by atoms with E-state index in [2.05, 4.69) is 4.65 Å². The number of halogens is 20. The van der Waals surface area contributed by atoms with Crippen LogP contribution in [0.3, 0.4) is 0 Å². The Morgan fingerprint density at radius 3 is 1.02 bits per heavy atom. The van der Waals surface area contributed by atoms with E-state index in [1.807, 2.05) is 0 Å². The lowest BCUT2D eigenvalue weighted by Gasteiger charge is -2.54. The molecular weight excluding hydrogens is 727 g/mol. The Bertz CT molecular complexity index is 1850. The van der Waals surface area contributed by atoms with Gasteiger partial charge in [0, 0.05) is 0 Å². The second-order valence-electron chi connectivity index (χ2n) is 9.35. The molecule has 1 aliphatic carbocycles. The minimum Gasteiger partial charge on any atom is -0.402 e. The van der Waals surface area contributed by atoms with Gasteiger partial charge in [-0.2, -0.15) is 0 Å². The average Bonchev–Trinajstić information content (AvgIpc) is 3.03. The number of hydrogen-bond donors (Lipinski definition) is 2. The van der Waals surface area contributed by atoms with Crippen molar-refractivity contribution in [3.05, 3.63) is 116 Å². The SMILES string of the molecule is OB(O)OC1(c2c(F)c(F)c(F)c(F)c2F)C(F)=C(F)C(F)C(F)(c2c(F)c(F)c(F)c(F)c2F)C1(F)c1c(F)c(F)c(F)c(F)c1F. The first-order chi connectivity index (χ1) is 21.9. The lowest BCUT2D eigenvalue weighted by molar-refractivity contribution is -0.225. The monoisotopic (exact) mass is 730 g/mol. The smallest absolute Gasteiger partial charge is 0.402 e. The molecule has 0 saturated carbocycles. The summed E-state index contributed by atoms with van der Waals surface area (Å²) in [6.07, 6.45) is -5.60. The maximum Gasteiger partial charge on any atom is 0.635 e. The first kappa shape index (κ1) is 36.8. The average molecular weight is 730 g/mol. The fraction of sp³-hybridized carbons (Fsp3) is 0.167. The van der Waals surface area contributed by atoms with Gasteiger partial charge in [0.05, 0.1) is 16.7 Å². The molecule has 3 nitrogen and oxygen atoms in total. The van der Waals surface area contributed by atoms with Crippen LogP contribution in [0.1, 0.15) is 16.7 Å². The van der Waals surface area contributed by atoms with Gasteiger partial charge in [0.2, 0.25) is 28.8 Å². The standard InChI is InChI=1S/C24H3BF20O3/c26-4-1(5(27)11(33)16(38)10(4)32)22(44)20(42)19(41)21(43)23(48-25(46)47,2-6(28)12(34)17(39)13(35)7(2)29)24(22,45)3-8(30)14(36)18(40)15(37)9(3)31/h20,46-47H. The normalized spacial score (nSPS) is 24.5. The van der Waals surface area contributed by atoms with Crippen molar-refractivity contribution >= 4 is 7.32 Å². The number of benzene rings is 3. The van der Waals surface area contributed by atoms with E-state index < -0.39 is 146 Å². The van der Waals surface area contributed by atoms with Crippen molar-refractivity contribution in [2.45, 2.75) is 23.1 Å². The molecule has 48 heavy (non-hydrogen) atoms. The maximum absolute atomic E-state index is 17.9. The van der Waals surface area contributed by atoms with Crippen molar-refractivity contribution in [1.82, 2.24) is 0 Å². The zero-order chi connectivity index (χ0) is 36.9. The van der Waals surface area contributed by atoms with Crippen LogP contribution in [0, 0.1) is 87.3 Å². The van der Waals surface area contributed by atoms with Crippen molar-refractivity contribution in [3.8, 4) is 0 Å². The first-order valence-electron chi connectivity index (χ1n) is 11.6. The van der Waals surface area contributed by atoms with Crippen LogP contribution >= 0.6 is 0 Å². The van der Waals surface area contributed by atoms with Crippen LogP contribution in [-0.4, -0.2) is 23.5 Å². The van der Waals surface area contributed by atoms with Crippen molar-refractivity contribution < 1.29 is 103 Å². The molecule has 0 heterocycles. The first-order valence-corrected chi connectivity index (χ1v) is 11.6. The summed E-state index contributed by atoms with van der Waals surface area (Å²) in [6.45, 7) is 0. The highest BCUT2D eigenvalue weighted by Crippen LogP contribution is 2.69. The Morgan fingerprint density at radius 1 is 0.438 bits per heavy atom. The predicted octanol–water partition coefficient (Wildman–Crippen LogP) is 7.19. The van der Waals surface area contributed by atoms with Crippen molar-refractivity contribution in [3.63, 3.8) is 0 Å². The molecule has 0 aliphatic heterocycles. The summed E-state index contributed by atoms with van der Waals surface area (Å²) in [5.74, 6) is -63.9. The van der Waals surface area contributed by atoms with E-state index in [-0.39, 0.29) is 0 Å². The minimum absolute atomic E-state index is 3.40. The molecule has 0 fully saturated rings. The summed E-state index contributed by atoms with van der Waals surface area (Å²) in [6, 6.07) is 0. The molecule has 0 aromatic heterocycles. The lowest BCUT2D eigenvalue weighted by Crippen LogP contribution is -2.68. The Balaban J connectivity index is 2.57. The highest BCUT2D eigenvalue weighted by atomic mass is 19.2. The van der Waals surface area contributed by atoms with Crippen molar-refractivity contribution in [1.29, 1.82) is 0 Å². The maximum atomic E-state index is 17.9. The van der Waals surface area contributed by atoms with E-state index in [9.17, 15) is 58.3 Å². The molecule has 1 aliphatic rings. The molecule has 0 amide bonds. The largest absolute Gasteiger partial charge is 0.635 e. The Labute approximate surface area is 249 Å². The molecule has 0 saturated heterocycles. The fourth-order valence-corrected chi connectivity index (χ4v) is 5.07. The Hall–Kier alpha value is -4.06. The quantitative estimate of drug-likeness (QED) is 0.127. The predicted molar refractivity (Wildman–Crippen MR) is 111 cm³/mol. The zero-order valence-corrected chi connectivity index (χ0v) is 21.5. The van der Waals surface area contributed by atoms with E-state index in [1.54, 1.807) is 0 Å². The number of allylic oxidation sites excluding steroid dienone is 1. The topological polar surface area (TPSA) is 49.7 Å². The van der Waals surface area contributed by atoms with Crippen LogP contribution in [0.15, 0.2) is 11.7 Å². The Kier molecular flexibility index (Phi) is 8.83. The third kappa shape index (κ3) is 4.23. The molecule has 0 spiro atoms. The van der Waals surface area contributed by atoms with E-state index in [0.717, 1.165) is 0 Å². The van der Waals surface area contributed by atoms with Crippen molar-refractivity contribution in [2.24, 2.45) is 0 Å². The summed E-state index contributed by atoms with van der Waals surface area (Å²) in [5, 5.41) is 18.7. The molecule has 0 radical (unpaired) electrons. The van der Waals surface area contributed by atoms with Crippen LogP contribution in [0.5, 0.6) is 0 Å². The second kappa shape index (κ2) is 11.5. The van der Waals surface area contributed by atoms with Gasteiger partial charge in [-0.1, -0.05) is 0 Å². The van der Waals surface area contributed by atoms with Gasteiger partial charge in [-0.25, -0.2) is 87.8 Å². The summed E-state index contributed by atoms with van der Waals surface area (Å²) in [7, 11) is -4.51. The van der Waals surface area contributed by atoms with Gasteiger partial charge in [-0.3, -0.25) is 0 Å². The fourth-order valence-electron chi connectivity index (χ4n) is 5.07. The third-order valence-electron chi connectivity index (χ3n) is 7.05. The summed E-state index contributed by atoms with van der Waals surface area (Å²) in [4.78, 5) is 0. The van der Waals surface area contributed by atoms with Gasteiger partial charge in [0.15, 0.2) is 93.2 Å². The summed E-state index contributed by atoms with van der Waals surface area (Å²) >= 11 is 0. The van der Waals surface area contributed by atoms with E-state index in [0.29, 0.717) is 0 Å².